The zero-order chi connectivity index (χ0) is 16.1. The summed E-state index contributed by atoms with van der Waals surface area (Å²) in [6.07, 6.45) is 1.04. The van der Waals surface area contributed by atoms with E-state index in [9.17, 15) is 0 Å². The molecule has 1 aromatic rings. The summed E-state index contributed by atoms with van der Waals surface area (Å²) in [5.74, 6) is 1.49. The molecule has 1 fully saturated rings. The van der Waals surface area contributed by atoms with E-state index in [0.29, 0.717) is 27.8 Å². The van der Waals surface area contributed by atoms with Crippen molar-refractivity contribution in [1.29, 1.82) is 0 Å². The molecule has 3 unspecified atom stereocenters. The van der Waals surface area contributed by atoms with Gasteiger partial charge in [-0.3, -0.25) is 4.99 Å². The number of benzene rings is 1. The fourth-order valence-electron chi connectivity index (χ4n) is 2.61. The normalized spacial score (nSPS) is 23.0. The fraction of sp³-hybridized carbons (Fsp3) is 0.562. The maximum absolute atomic E-state index is 6.21. The number of halogens is 3. The first kappa shape index (κ1) is 20.8. The van der Waals surface area contributed by atoms with E-state index in [-0.39, 0.29) is 30.0 Å². The molecule has 1 aromatic carbocycles. The second-order valence-electron chi connectivity index (χ2n) is 5.86. The van der Waals surface area contributed by atoms with Gasteiger partial charge in [0, 0.05) is 29.8 Å². The highest BCUT2D eigenvalue weighted by molar-refractivity contribution is 14.0. The van der Waals surface area contributed by atoms with Gasteiger partial charge in [0.1, 0.15) is 0 Å². The number of nitrogens with one attached hydrogen (secondary N) is 1. The first-order valence-corrected chi connectivity index (χ1v) is 8.32. The number of guanidine groups is 1. The molecular formula is C16H24Cl2IN3O. The Kier molecular flexibility index (Phi) is 8.97. The van der Waals surface area contributed by atoms with Crippen LogP contribution in [0.25, 0.3) is 0 Å². The van der Waals surface area contributed by atoms with Crippen LogP contribution in [-0.4, -0.2) is 25.7 Å². The quantitative estimate of drug-likeness (QED) is 0.392. The molecule has 1 aliphatic heterocycles. The molecule has 23 heavy (non-hydrogen) atoms. The summed E-state index contributed by atoms with van der Waals surface area (Å²) < 4.78 is 5.44. The van der Waals surface area contributed by atoms with Crippen molar-refractivity contribution in [2.45, 2.75) is 26.3 Å². The van der Waals surface area contributed by atoms with Gasteiger partial charge >= 0.3 is 0 Å². The monoisotopic (exact) mass is 471 g/mol. The van der Waals surface area contributed by atoms with Crippen LogP contribution in [-0.2, 0) is 4.74 Å². The third-order valence-corrected chi connectivity index (χ3v) is 4.67. The summed E-state index contributed by atoms with van der Waals surface area (Å²) in [4.78, 5) is 4.47. The Hall–Kier alpha value is -0.240. The molecule has 0 amide bonds. The first-order chi connectivity index (χ1) is 10.5. The molecule has 3 N–H and O–H groups in total. The minimum atomic E-state index is -0.0272. The van der Waals surface area contributed by atoms with Crippen molar-refractivity contribution in [3.05, 3.63) is 33.8 Å². The average molecular weight is 472 g/mol. The van der Waals surface area contributed by atoms with E-state index >= 15 is 0 Å². The second-order valence-corrected chi connectivity index (χ2v) is 6.70. The molecule has 1 heterocycles. The molecular weight excluding hydrogens is 448 g/mol. The Balaban J connectivity index is 0.00000264. The van der Waals surface area contributed by atoms with E-state index in [0.717, 1.165) is 31.7 Å². The molecule has 4 nitrogen and oxygen atoms in total. The third kappa shape index (κ3) is 6.29. The summed E-state index contributed by atoms with van der Waals surface area (Å²) in [5.41, 5.74) is 6.94. The predicted molar refractivity (Wildman–Crippen MR) is 108 cm³/mol. The van der Waals surface area contributed by atoms with Crippen LogP contribution < -0.4 is 11.1 Å². The molecule has 0 spiro atoms. The Bertz CT molecular complexity index is 542. The highest BCUT2D eigenvalue weighted by Gasteiger charge is 2.21. The molecule has 3 atom stereocenters. The number of rotatable bonds is 4. The van der Waals surface area contributed by atoms with Gasteiger partial charge in [-0.15, -0.1) is 24.0 Å². The van der Waals surface area contributed by atoms with Gasteiger partial charge in [0.05, 0.1) is 6.04 Å². The van der Waals surface area contributed by atoms with Gasteiger partial charge < -0.3 is 15.8 Å². The number of nitrogens with zero attached hydrogens (tertiary/aromatic N) is 1. The molecule has 1 aliphatic rings. The van der Waals surface area contributed by atoms with E-state index in [1.165, 1.54) is 0 Å². The Labute approximate surface area is 165 Å². The van der Waals surface area contributed by atoms with E-state index in [2.05, 4.69) is 17.2 Å². The topological polar surface area (TPSA) is 59.6 Å². The third-order valence-electron chi connectivity index (χ3n) is 4.11. The zero-order valence-electron chi connectivity index (χ0n) is 13.4. The van der Waals surface area contributed by atoms with Crippen LogP contribution in [0.5, 0.6) is 0 Å². The van der Waals surface area contributed by atoms with Crippen LogP contribution >= 0.6 is 47.2 Å². The van der Waals surface area contributed by atoms with Gasteiger partial charge in [0.25, 0.3) is 0 Å². The summed E-state index contributed by atoms with van der Waals surface area (Å²) in [6.45, 7) is 6.54. The maximum Gasteiger partial charge on any atom is 0.189 e. The smallest absolute Gasteiger partial charge is 0.189 e. The van der Waals surface area contributed by atoms with Crippen molar-refractivity contribution in [1.82, 2.24) is 5.32 Å². The summed E-state index contributed by atoms with van der Waals surface area (Å²) in [7, 11) is 0. The number of hydrogen-bond donors (Lipinski definition) is 2. The largest absolute Gasteiger partial charge is 0.381 e. The van der Waals surface area contributed by atoms with Crippen LogP contribution in [0.15, 0.2) is 23.2 Å². The lowest BCUT2D eigenvalue weighted by atomic mass is 9.90. The molecule has 0 saturated carbocycles. The Morgan fingerprint density at radius 1 is 1.48 bits per heavy atom. The van der Waals surface area contributed by atoms with Crippen LogP contribution in [0, 0.1) is 11.8 Å². The highest BCUT2D eigenvalue weighted by Crippen LogP contribution is 2.26. The Morgan fingerprint density at radius 2 is 2.22 bits per heavy atom. The Morgan fingerprint density at radius 3 is 2.87 bits per heavy atom. The summed E-state index contributed by atoms with van der Waals surface area (Å²) >= 11 is 12.1. The maximum atomic E-state index is 6.21. The number of aliphatic imine (C=N–C) groups is 1. The van der Waals surface area contributed by atoms with Crippen LogP contribution in [0.1, 0.15) is 31.9 Å². The number of nitrogens with two attached hydrogens (primary N) is 1. The van der Waals surface area contributed by atoms with Gasteiger partial charge in [-0.1, -0.05) is 36.2 Å². The lowest BCUT2D eigenvalue weighted by Gasteiger charge is -2.27. The lowest BCUT2D eigenvalue weighted by Crippen LogP contribution is -2.35. The van der Waals surface area contributed by atoms with Gasteiger partial charge in [-0.2, -0.15) is 0 Å². The molecule has 0 aliphatic carbocycles. The molecule has 1 saturated heterocycles. The van der Waals surface area contributed by atoms with Gasteiger partial charge in [-0.05, 0) is 42.9 Å². The summed E-state index contributed by atoms with van der Waals surface area (Å²) in [6, 6.07) is 5.42. The van der Waals surface area contributed by atoms with Crippen molar-refractivity contribution in [2.75, 3.05) is 19.8 Å². The standard InChI is InChI=1S/C16H23Cl2N3O.HI/c1-10-9-22-6-5-12(10)8-20-16(19)21-11(2)14-4-3-13(17)7-15(14)18;/h3-4,7,10-12H,5-6,8-9H2,1-2H3,(H3,19,20,21);1H. The van der Waals surface area contributed by atoms with Crippen molar-refractivity contribution >= 4 is 53.1 Å². The lowest BCUT2D eigenvalue weighted by molar-refractivity contribution is 0.0273. The number of ether oxygens (including phenoxy) is 1. The van der Waals surface area contributed by atoms with Crippen molar-refractivity contribution in [2.24, 2.45) is 22.6 Å². The van der Waals surface area contributed by atoms with E-state index in [4.69, 9.17) is 33.7 Å². The second kappa shape index (κ2) is 9.91. The van der Waals surface area contributed by atoms with Gasteiger partial charge in [0.15, 0.2) is 5.96 Å². The molecule has 0 radical (unpaired) electrons. The van der Waals surface area contributed by atoms with Crippen LogP contribution in [0.4, 0.5) is 0 Å². The molecule has 0 aromatic heterocycles. The van der Waals surface area contributed by atoms with Crippen molar-refractivity contribution in [3.63, 3.8) is 0 Å². The predicted octanol–water partition coefficient (Wildman–Crippen LogP) is 4.25. The molecule has 130 valence electrons. The van der Waals surface area contributed by atoms with Crippen LogP contribution in [0.2, 0.25) is 10.0 Å². The van der Waals surface area contributed by atoms with Crippen molar-refractivity contribution in [3.8, 4) is 0 Å². The SMILES string of the molecule is CC(NC(N)=NCC1CCOCC1C)c1ccc(Cl)cc1Cl.I. The van der Waals surface area contributed by atoms with Gasteiger partial charge in [-0.25, -0.2) is 0 Å². The molecule has 2 rings (SSSR count). The van der Waals surface area contributed by atoms with Gasteiger partial charge in [0.2, 0.25) is 0 Å². The average Bonchev–Trinajstić information content (AvgIpc) is 2.46. The van der Waals surface area contributed by atoms with Crippen LogP contribution in [0.3, 0.4) is 0 Å². The minimum Gasteiger partial charge on any atom is -0.381 e. The van der Waals surface area contributed by atoms with Crippen molar-refractivity contribution < 1.29 is 4.74 Å². The van der Waals surface area contributed by atoms with E-state index in [1.54, 1.807) is 6.07 Å². The van der Waals surface area contributed by atoms with E-state index < -0.39 is 0 Å². The molecule has 7 heteroatoms. The summed E-state index contributed by atoms with van der Waals surface area (Å²) in [5, 5.41) is 4.42. The highest BCUT2D eigenvalue weighted by atomic mass is 127. The van der Waals surface area contributed by atoms with E-state index in [1.807, 2.05) is 19.1 Å². The first-order valence-electron chi connectivity index (χ1n) is 7.56. The number of hydrogen-bond acceptors (Lipinski definition) is 2. The minimum absolute atomic E-state index is 0. The zero-order valence-corrected chi connectivity index (χ0v) is 17.2. The molecule has 0 bridgehead atoms. The fourth-order valence-corrected chi connectivity index (χ4v) is 3.18.